The van der Waals surface area contributed by atoms with Crippen molar-refractivity contribution in [2.45, 2.75) is 32.2 Å². The summed E-state index contributed by atoms with van der Waals surface area (Å²) in [6.45, 7) is 3.31. The zero-order chi connectivity index (χ0) is 17.5. The smallest absolute Gasteiger partial charge is 0.122 e. The van der Waals surface area contributed by atoms with Gasteiger partial charge in [0, 0.05) is 17.5 Å². The highest BCUT2D eigenvalue weighted by Crippen LogP contribution is 2.18. The van der Waals surface area contributed by atoms with Crippen LogP contribution in [0.4, 0.5) is 0 Å². The van der Waals surface area contributed by atoms with Crippen LogP contribution < -0.4 is 10.1 Å². The molecule has 1 aromatic heterocycles. The molecule has 1 heterocycles. The Labute approximate surface area is 152 Å². The summed E-state index contributed by atoms with van der Waals surface area (Å²) in [5.74, 6) is 0.870. The quantitative estimate of drug-likeness (QED) is 0.625. The minimum absolute atomic E-state index is 0.0304. The second-order valence-electron chi connectivity index (χ2n) is 6.04. The topological polar surface area (TPSA) is 41.5 Å². The van der Waals surface area contributed by atoms with Crippen LogP contribution in [0.3, 0.4) is 0 Å². The Kier molecular flexibility index (Phi) is 6.23. The van der Waals surface area contributed by atoms with Gasteiger partial charge in [0.1, 0.15) is 12.4 Å². The van der Waals surface area contributed by atoms with Crippen molar-refractivity contribution in [3.8, 4) is 5.75 Å². The summed E-state index contributed by atoms with van der Waals surface area (Å²) in [4.78, 5) is 1.22. The number of aliphatic hydroxyl groups excluding tert-OH is 1. The molecule has 0 aliphatic rings. The molecule has 0 saturated carbocycles. The number of hydrogen-bond acceptors (Lipinski definition) is 4. The lowest BCUT2D eigenvalue weighted by Gasteiger charge is -2.20. The molecule has 0 unspecified atom stereocenters. The van der Waals surface area contributed by atoms with Gasteiger partial charge in [-0.2, -0.15) is 0 Å². The molecule has 4 heteroatoms. The lowest BCUT2D eigenvalue weighted by Crippen LogP contribution is -2.31. The van der Waals surface area contributed by atoms with E-state index in [1.807, 2.05) is 55.5 Å². The summed E-state index contributed by atoms with van der Waals surface area (Å²) >= 11 is 1.70. The number of ether oxygens (including phenoxy) is 1. The van der Waals surface area contributed by atoms with Crippen LogP contribution in [0.5, 0.6) is 5.75 Å². The average Bonchev–Trinajstić information content (AvgIpc) is 3.19. The monoisotopic (exact) mass is 353 g/mol. The van der Waals surface area contributed by atoms with Gasteiger partial charge < -0.3 is 15.2 Å². The summed E-state index contributed by atoms with van der Waals surface area (Å²) in [6.07, 6.45) is -0.519. The Hall–Kier alpha value is -2.14. The summed E-state index contributed by atoms with van der Waals surface area (Å²) in [5.41, 5.74) is 2.09. The first kappa shape index (κ1) is 17.7. The molecule has 0 aliphatic heterocycles. The molecule has 3 nitrogen and oxygen atoms in total. The lowest BCUT2D eigenvalue weighted by atomic mass is 10.0. The minimum Gasteiger partial charge on any atom is -0.488 e. The zero-order valence-corrected chi connectivity index (χ0v) is 15.1. The highest BCUT2D eigenvalue weighted by Gasteiger charge is 2.15. The fourth-order valence-corrected chi connectivity index (χ4v) is 3.20. The van der Waals surface area contributed by atoms with Gasteiger partial charge in [0.25, 0.3) is 0 Å². The molecule has 3 aromatic rings. The van der Waals surface area contributed by atoms with Crippen LogP contribution in [0.1, 0.15) is 29.0 Å². The number of benzene rings is 2. The third-order valence-electron chi connectivity index (χ3n) is 4.13. The van der Waals surface area contributed by atoms with Gasteiger partial charge in [-0.15, -0.1) is 11.3 Å². The number of rotatable bonds is 8. The molecule has 25 heavy (non-hydrogen) atoms. The molecule has 130 valence electrons. The van der Waals surface area contributed by atoms with Crippen molar-refractivity contribution in [1.82, 2.24) is 5.32 Å². The highest BCUT2D eigenvalue weighted by atomic mass is 32.1. The molecule has 0 radical (unpaired) electrons. The molecule has 2 atom stereocenters. The van der Waals surface area contributed by atoms with Gasteiger partial charge >= 0.3 is 0 Å². The lowest BCUT2D eigenvalue weighted by molar-refractivity contribution is 0.135. The normalized spacial score (nSPS) is 13.4. The van der Waals surface area contributed by atoms with E-state index in [4.69, 9.17) is 4.74 Å². The standard InChI is InChI=1S/C21H23NO2S/c1-16(21(23)18-6-3-2-4-7-18)22-14-17-9-11-19(12-10-17)24-15-20-8-5-13-25-20/h2-13,16,21-23H,14-15H2,1H3/t16-,21+/m0/s1. The van der Waals surface area contributed by atoms with Gasteiger partial charge in [-0.1, -0.05) is 48.5 Å². The Morgan fingerprint density at radius 3 is 2.44 bits per heavy atom. The Morgan fingerprint density at radius 2 is 1.76 bits per heavy atom. The first-order valence-corrected chi connectivity index (χ1v) is 9.31. The van der Waals surface area contributed by atoms with E-state index in [-0.39, 0.29) is 6.04 Å². The predicted molar refractivity (Wildman–Crippen MR) is 103 cm³/mol. The largest absolute Gasteiger partial charge is 0.488 e. The Morgan fingerprint density at radius 1 is 1.00 bits per heavy atom. The maximum atomic E-state index is 10.4. The van der Waals surface area contributed by atoms with Gasteiger partial charge in [0.15, 0.2) is 0 Å². The summed E-state index contributed by atoms with van der Waals surface area (Å²) in [6, 6.07) is 21.9. The number of nitrogens with one attached hydrogen (secondary N) is 1. The first-order valence-electron chi connectivity index (χ1n) is 8.43. The second kappa shape index (κ2) is 8.81. The number of aliphatic hydroxyl groups is 1. The van der Waals surface area contributed by atoms with Crippen molar-refractivity contribution in [2.24, 2.45) is 0 Å². The van der Waals surface area contributed by atoms with Crippen molar-refractivity contribution in [3.05, 3.63) is 88.1 Å². The van der Waals surface area contributed by atoms with Crippen molar-refractivity contribution in [3.63, 3.8) is 0 Å². The van der Waals surface area contributed by atoms with E-state index in [2.05, 4.69) is 28.9 Å². The fraction of sp³-hybridized carbons (Fsp3) is 0.238. The number of thiophene rings is 1. The molecule has 0 fully saturated rings. The summed E-state index contributed by atoms with van der Waals surface area (Å²) in [7, 11) is 0. The van der Waals surface area contributed by atoms with Crippen LogP contribution in [0, 0.1) is 0 Å². The molecule has 0 amide bonds. The van der Waals surface area contributed by atoms with Crippen LogP contribution >= 0.6 is 11.3 Å². The summed E-state index contributed by atoms with van der Waals surface area (Å²) in [5, 5.41) is 15.8. The van der Waals surface area contributed by atoms with Crippen LogP contribution in [-0.4, -0.2) is 11.1 Å². The Balaban J connectivity index is 1.48. The minimum atomic E-state index is -0.519. The third-order valence-corrected chi connectivity index (χ3v) is 4.98. The van der Waals surface area contributed by atoms with Gasteiger partial charge in [-0.3, -0.25) is 0 Å². The van der Waals surface area contributed by atoms with Gasteiger partial charge in [0.05, 0.1) is 6.10 Å². The van der Waals surface area contributed by atoms with Crippen molar-refractivity contribution >= 4 is 11.3 Å². The van der Waals surface area contributed by atoms with Crippen molar-refractivity contribution in [1.29, 1.82) is 0 Å². The fourth-order valence-electron chi connectivity index (χ4n) is 2.58. The van der Waals surface area contributed by atoms with E-state index in [1.165, 1.54) is 4.88 Å². The van der Waals surface area contributed by atoms with E-state index in [0.29, 0.717) is 13.2 Å². The second-order valence-corrected chi connectivity index (χ2v) is 7.07. The first-order chi connectivity index (χ1) is 12.2. The van der Waals surface area contributed by atoms with Gasteiger partial charge in [0.2, 0.25) is 0 Å². The van der Waals surface area contributed by atoms with Gasteiger partial charge in [-0.05, 0) is 41.6 Å². The van der Waals surface area contributed by atoms with E-state index < -0.39 is 6.10 Å². The van der Waals surface area contributed by atoms with E-state index in [1.54, 1.807) is 11.3 Å². The average molecular weight is 353 g/mol. The van der Waals surface area contributed by atoms with Crippen LogP contribution in [0.2, 0.25) is 0 Å². The van der Waals surface area contributed by atoms with E-state index >= 15 is 0 Å². The third kappa shape index (κ3) is 5.16. The molecule has 0 bridgehead atoms. The molecule has 2 aromatic carbocycles. The highest BCUT2D eigenvalue weighted by molar-refractivity contribution is 7.09. The van der Waals surface area contributed by atoms with E-state index in [0.717, 1.165) is 16.9 Å². The van der Waals surface area contributed by atoms with Crippen LogP contribution in [0.15, 0.2) is 72.1 Å². The molecular weight excluding hydrogens is 330 g/mol. The van der Waals surface area contributed by atoms with Crippen LogP contribution in [-0.2, 0) is 13.2 Å². The van der Waals surface area contributed by atoms with Gasteiger partial charge in [-0.25, -0.2) is 0 Å². The maximum Gasteiger partial charge on any atom is 0.122 e. The molecule has 0 aliphatic carbocycles. The number of hydrogen-bond donors (Lipinski definition) is 2. The zero-order valence-electron chi connectivity index (χ0n) is 14.3. The van der Waals surface area contributed by atoms with Crippen LogP contribution in [0.25, 0.3) is 0 Å². The van der Waals surface area contributed by atoms with Crippen molar-refractivity contribution < 1.29 is 9.84 Å². The van der Waals surface area contributed by atoms with Crippen molar-refractivity contribution in [2.75, 3.05) is 0 Å². The molecule has 2 N–H and O–H groups in total. The molecule has 0 saturated heterocycles. The molecule has 0 spiro atoms. The molecular formula is C21H23NO2S. The van der Waals surface area contributed by atoms with E-state index in [9.17, 15) is 5.11 Å². The maximum absolute atomic E-state index is 10.4. The Bertz CT molecular complexity index is 741. The molecule has 3 rings (SSSR count). The predicted octanol–water partition coefficient (Wildman–Crippen LogP) is 4.54. The SMILES string of the molecule is C[C@H](NCc1ccc(OCc2cccs2)cc1)[C@@H](O)c1ccccc1. The summed E-state index contributed by atoms with van der Waals surface area (Å²) < 4.78 is 5.78.